The molecule has 0 unspecified atom stereocenters. The van der Waals surface area contributed by atoms with Gasteiger partial charge in [0.15, 0.2) is 0 Å². The maximum absolute atomic E-state index is 8.56. The number of halogens is 1. The van der Waals surface area contributed by atoms with Crippen LogP contribution in [0.15, 0.2) is 28.9 Å². The predicted octanol–water partition coefficient (Wildman–Crippen LogP) is 3.15. The highest BCUT2D eigenvalue weighted by Gasteiger charge is 2.06. The van der Waals surface area contributed by atoms with Crippen molar-refractivity contribution < 1.29 is 4.42 Å². The van der Waals surface area contributed by atoms with E-state index in [0.29, 0.717) is 17.0 Å². The number of hydrogen-bond donors (Lipinski definition) is 0. The molecule has 2 rings (SSSR count). The third-order valence-corrected chi connectivity index (χ3v) is 2.24. The number of hydrogen-bond acceptors (Lipinski definition) is 2. The van der Waals surface area contributed by atoms with Gasteiger partial charge in [-0.05, 0) is 12.1 Å². The van der Waals surface area contributed by atoms with Gasteiger partial charge in [0.1, 0.15) is 5.58 Å². The molecule has 0 saturated carbocycles. The molecule has 0 saturated heterocycles. The monoisotopic (exact) mass is 191 g/mol. The standard InChI is InChI=1S/C10H6ClNO/c11-9-2-1-7(3-5-12)10-8(9)4-6-13-10/h1-2,4,6H,3H2. The van der Waals surface area contributed by atoms with E-state index in [1.165, 1.54) is 0 Å². The van der Waals surface area contributed by atoms with Crippen molar-refractivity contribution in [2.45, 2.75) is 6.42 Å². The van der Waals surface area contributed by atoms with Crippen molar-refractivity contribution in [2.24, 2.45) is 0 Å². The Morgan fingerprint density at radius 2 is 2.23 bits per heavy atom. The molecule has 0 amide bonds. The van der Waals surface area contributed by atoms with Crippen LogP contribution in [0.1, 0.15) is 5.56 Å². The Bertz CT molecular complexity index is 481. The molecule has 0 aliphatic carbocycles. The van der Waals surface area contributed by atoms with Gasteiger partial charge in [-0.3, -0.25) is 0 Å². The molecule has 0 fully saturated rings. The van der Waals surface area contributed by atoms with Crippen LogP contribution < -0.4 is 0 Å². The van der Waals surface area contributed by atoms with Gasteiger partial charge in [-0.2, -0.15) is 5.26 Å². The van der Waals surface area contributed by atoms with Crippen LogP contribution in [0.3, 0.4) is 0 Å². The molecule has 1 heterocycles. The van der Waals surface area contributed by atoms with Crippen molar-refractivity contribution in [3.63, 3.8) is 0 Å². The largest absolute Gasteiger partial charge is 0.464 e. The van der Waals surface area contributed by atoms with Gasteiger partial charge in [-0.15, -0.1) is 0 Å². The van der Waals surface area contributed by atoms with E-state index in [2.05, 4.69) is 6.07 Å². The summed E-state index contributed by atoms with van der Waals surface area (Å²) in [6.07, 6.45) is 1.93. The van der Waals surface area contributed by atoms with Gasteiger partial charge in [0, 0.05) is 10.9 Å². The van der Waals surface area contributed by atoms with Gasteiger partial charge in [-0.25, -0.2) is 0 Å². The number of nitriles is 1. The summed E-state index contributed by atoms with van der Waals surface area (Å²) < 4.78 is 5.25. The molecule has 2 aromatic rings. The van der Waals surface area contributed by atoms with Gasteiger partial charge in [0.2, 0.25) is 0 Å². The normalized spacial score (nSPS) is 10.2. The second-order valence-corrected chi connectivity index (χ2v) is 3.11. The maximum Gasteiger partial charge on any atom is 0.139 e. The Balaban J connectivity index is 2.72. The summed E-state index contributed by atoms with van der Waals surface area (Å²) in [5.74, 6) is 0. The summed E-state index contributed by atoms with van der Waals surface area (Å²) in [5, 5.41) is 10.1. The highest BCUT2D eigenvalue weighted by molar-refractivity contribution is 6.35. The van der Waals surface area contributed by atoms with Crippen molar-refractivity contribution in [2.75, 3.05) is 0 Å². The molecule has 0 radical (unpaired) electrons. The Morgan fingerprint density at radius 1 is 1.38 bits per heavy atom. The minimum Gasteiger partial charge on any atom is -0.464 e. The fourth-order valence-electron chi connectivity index (χ4n) is 1.31. The first-order chi connectivity index (χ1) is 6.33. The van der Waals surface area contributed by atoms with E-state index in [1.54, 1.807) is 18.4 Å². The summed E-state index contributed by atoms with van der Waals surface area (Å²) >= 11 is 5.93. The maximum atomic E-state index is 8.56. The van der Waals surface area contributed by atoms with Crippen LogP contribution in [0.4, 0.5) is 0 Å². The highest BCUT2D eigenvalue weighted by Crippen LogP contribution is 2.27. The number of nitrogens with zero attached hydrogens (tertiary/aromatic N) is 1. The fraction of sp³-hybridized carbons (Fsp3) is 0.100. The molecule has 64 valence electrons. The Labute approximate surface area is 80.3 Å². The molecule has 0 bridgehead atoms. The molecule has 3 heteroatoms. The first-order valence-corrected chi connectivity index (χ1v) is 4.22. The van der Waals surface area contributed by atoms with Crippen molar-refractivity contribution in [3.05, 3.63) is 35.0 Å². The van der Waals surface area contributed by atoms with Crippen molar-refractivity contribution in [1.82, 2.24) is 0 Å². The second kappa shape index (κ2) is 3.12. The van der Waals surface area contributed by atoms with Crippen molar-refractivity contribution >= 4 is 22.6 Å². The average molecular weight is 192 g/mol. The van der Waals surface area contributed by atoms with Crippen LogP contribution in [-0.4, -0.2) is 0 Å². The lowest BCUT2D eigenvalue weighted by molar-refractivity contribution is 0.612. The number of fused-ring (bicyclic) bond motifs is 1. The minimum atomic E-state index is 0.348. The van der Waals surface area contributed by atoms with E-state index < -0.39 is 0 Å². The van der Waals surface area contributed by atoms with E-state index in [4.69, 9.17) is 21.3 Å². The number of benzene rings is 1. The second-order valence-electron chi connectivity index (χ2n) is 2.70. The third-order valence-electron chi connectivity index (χ3n) is 1.91. The Morgan fingerprint density at radius 3 is 3.00 bits per heavy atom. The van der Waals surface area contributed by atoms with Crippen molar-refractivity contribution in [3.8, 4) is 6.07 Å². The first-order valence-electron chi connectivity index (χ1n) is 3.84. The fourth-order valence-corrected chi connectivity index (χ4v) is 1.52. The molecule has 0 N–H and O–H groups in total. The zero-order valence-corrected chi connectivity index (χ0v) is 7.51. The molecule has 13 heavy (non-hydrogen) atoms. The molecule has 2 nitrogen and oxygen atoms in total. The molecule has 0 aliphatic heterocycles. The van der Waals surface area contributed by atoms with E-state index in [9.17, 15) is 0 Å². The molecule has 0 spiro atoms. The predicted molar refractivity (Wildman–Crippen MR) is 50.5 cm³/mol. The molecule has 0 atom stereocenters. The average Bonchev–Trinajstić information content (AvgIpc) is 2.59. The number of furan rings is 1. The van der Waals surface area contributed by atoms with Crippen LogP contribution in [-0.2, 0) is 6.42 Å². The van der Waals surface area contributed by atoms with Crippen LogP contribution in [0.5, 0.6) is 0 Å². The molecular formula is C10H6ClNO. The molecule has 1 aromatic carbocycles. The summed E-state index contributed by atoms with van der Waals surface area (Å²) in [6, 6.07) is 7.49. The topological polar surface area (TPSA) is 36.9 Å². The summed E-state index contributed by atoms with van der Waals surface area (Å²) in [5.41, 5.74) is 1.60. The van der Waals surface area contributed by atoms with Crippen LogP contribution in [0.2, 0.25) is 5.02 Å². The summed E-state index contributed by atoms with van der Waals surface area (Å²) in [6.45, 7) is 0. The lowest BCUT2D eigenvalue weighted by atomic mass is 10.1. The first kappa shape index (κ1) is 8.15. The van der Waals surface area contributed by atoms with E-state index >= 15 is 0 Å². The lowest BCUT2D eigenvalue weighted by Crippen LogP contribution is -1.81. The zero-order chi connectivity index (χ0) is 9.26. The summed E-state index contributed by atoms with van der Waals surface area (Å²) in [4.78, 5) is 0. The highest BCUT2D eigenvalue weighted by atomic mass is 35.5. The number of rotatable bonds is 1. The summed E-state index contributed by atoms with van der Waals surface area (Å²) in [7, 11) is 0. The quantitative estimate of drug-likeness (QED) is 0.694. The minimum absolute atomic E-state index is 0.348. The van der Waals surface area contributed by atoms with Crippen LogP contribution >= 0.6 is 11.6 Å². The smallest absolute Gasteiger partial charge is 0.139 e. The lowest BCUT2D eigenvalue weighted by Gasteiger charge is -1.97. The van der Waals surface area contributed by atoms with E-state index in [0.717, 1.165) is 10.9 Å². The van der Waals surface area contributed by atoms with Gasteiger partial charge in [0.05, 0.1) is 23.8 Å². The zero-order valence-electron chi connectivity index (χ0n) is 6.75. The van der Waals surface area contributed by atoms with Gasteiger partial charge in [0.25, 0.3) is 0 Å². The molecular weight excluding hydrogens is 186 g/mol. The van der Waals surface area contributed by atoms with Crippen LogP contribution in [0.25, 0.3) is 11.0 Å². The SMILES string of the molecule is N#CCc1ccc(Cl)c2ccoc12. The third kappa shape index (κ3) is 1.28. The molecule has 0 aliphatic rings. The van der Waals surface area contributed by atoms with Crippen molar-refractivity contribution in [1.29, 1.82) is 5.26 Å². The van der Waals surface area contributed by atoms with E-state index in [-0.39, 0.29) is 0 Å². The molecule has 1 aromatic heterocycles. The van der Waals surface area contributed by atoms with Gasteiger partial charge in [-0.1, -0.05) is 17.7 Å². The van der Waals surface area contributed by atoms with Gasteiger partial charge < -0.3 is 4.42 Å². The van der Waals surface area contributed by atoms with E-state index in [1.807, 2.05) is 6.07 Å². The van der Waals surface area contributed by atoms with Gasteiger partial charge >= 0.3 is 0 Å². The Kier molecular flexibility index (Phi) is 1.96. The Hall–Kier alpha value is -1.46. The van der Waals surface area contributed by atoms with Crippen LogP contribution in [0, 0.1) is 11.3 Å².